The van der Waals surface area contributed by atoms with Gasteiger partial charge in [-0.1, -0.05) is 56.5 Å². The van der Waals surface area contributed by atoms with Gasteiger partial charge in [0.25, 0.3) is 5.91 Å². The minimum atomic E-state index is -0.377. The molecule has 0 aliphatic rings. The molecule has 2 N–H and O–H groups in total. The van der Waals surface area contributed by atoms with Crippen molar-refractivity contribution in [3.63, 3.8) is 0 Å². The van der Waals surface area contributed by atoms with E-state index in [-0.39, 0.29) is 24.7 Å². The monoisotopic (exact) mass is 394 g/mol. The predicted octanol–water partition coefficient (Wildman–Crippen LogP) is 4.67. The van der Waals surface area contributed by atoms with E-state index in [0.29, 0.717) is 3.94 Å². The van der Waals surface area contributed by atoms with Gasteiger partial charge in [0.2, 0.25) is 5.91 Å². The van der Waals surface area contributed by atoms with Crippen LogP contribution >= 0.6 is 23.6 Å². The molecule has 2 aromatic rings. The van der Waals surface area contributed by atoms with Crippen molar-refractivity contribution in [1.82, 2.24) is 3.94 Å². The Morgan fingerprint density at radius 3 is 2.46 bits per heavy atom. The van der Waals surface area contributed by atoms with Gasteiger partial charge in [-0.15, -0.1) is 0 Å². The van der Waals surface area contributed by atoms with E-state index < -0.39 is 0 Å². The van der Waals surface area contributed by atoms with Crippen molar-refractivity contribution < 1.29 is 9.59 Å². The molecule has 4 nitrogen and oxygen atoms in total. The molecule has 0 aromatic heterocycles. The fourth-order valence-corrected chi connectivity index (χ4v) is 3.33. The highest BCUT2D eigenvalue weighted by Gasteiger charge is 2.13. The SMILES string of the molecule is CCCCCCc1c(CC(N)=O)ccc2cc(CC(=O)N(Cl)Cl)ccc12. The van der Waals surface area contributed by atoms with Gasteiger partial charge in [0.1, 0.15) is 0 Å². The molecule has 0 atom stereocenters. The van der Waals surface area contributed by atoms with Crippen LogP contribution in [0.25, 0.3) is 10.8 Å². The second kappa shape index (κ2) is 9.79. The topological polar surface area (TPSA) is 63.4 Å². The van der Waals surface area contributed by atoms with Gasteiger partial charge < -0.3 is 5.73 Å². The normalized spacial score (nSPS) is 10.9. The van der Waals surface area contributed by atoms with Crippen LogP contribution in [0, 0.1) is 0 Å². The van der Waals surface area contributed by atoms with Crippen LogP contribution in [0.4, 0.5) is 0 Å². The molecule has 2 amide bonds. The first-order valence-electron chi connectivity index (χ1n) is 8.88. The van der Waals surface area contributed by atoms with E-state index in [4.69, 9.17) is 29.3 Å². The maximum atomic E-state index is 11.7. The van der Waals surface area contributed by atoms with Gasteiger partial charge in [0.15, 0.2) is 0 Å². The summed E-state index contributed by atoms with van der Waals surface area (Å²) in [5.74, 6) is -0.705. The van der Waals surface area contributed by atoms with Gasteiger partial charge >= 0.3 is 0 Å². The third-order valence-corrected chi connectivity index (χ3v) is 4.86. The van der Waals surface area contributed by atoms with Gasteiger partial charge in [-0.25, -0.2) is 0 Å². The summed E-state index contributed by atoms with van der Waals surface area (Å²) < 4.78 is 0.555. The Kier molecular flexibility index (Phi) is 7.73. The summed E-state index contributed by atoms with van der Waals surface area (Å²) >= 11 is 11.0. The lowest BCUT2D eigenvalue weighted by Gasteiger charge is -2.14. The second-order valence-corrected chi connectivity index (χ2v) is 7.37. The van der Waals surface area contributed by atoms with Gasteiger partial charge in [0, 0.05) is 23.6 Å². The number of unbranched alkanes of at least 4 members (excludes halogenated alkanes) is 3. The number of carbonyl (C=O) groups excluding carboxylic acids is 2. The molecule has 0 unspecified atom stereocenters. The van der Waals surface area contributed by atoms with E-state index in [2.05, 4.69) is 6.92 Å². The van der Waals surface area contributed by atoms with Gasteiger partial charge in [-0.05, 0) is 40.3 Å². The Balaban J connectivity index is 2.35. The smallest absolute Gasteiger partial charge is 0.256 e. The zero-order chi connectivity index (χ0) is 19.1. The van der Waals surface area contributed by atoms with Crippen LogP contribution in [0.3, 0.4) is 0 Å². The highest BCUT2D eigenvalue weighted by Crippen LogP contribution is 2.27. The number of carbonyl (C=O) groups is 2. The Morgan fingerprint density at radius 2 is 1.81 bits per heavy atom. The molecule has 0 fully saturated rings. The average Bonchev–Trinajstić information content (AvgIpc) is 2.59. The van der Waals surface area contributed by atoms with Crippen LogP contribution in [0.2, 0.25) is 0 Å². The lowest BCUT2D eigenvalue weighted by atomic mass is 9.91. The number of primary amides is 1. The van der Waals surface area contributed by atoms with E-state index in [0.717, 1.165) is 41.2 Å². The van der Waals surface area contributed by atoms with Crippen molar-refractivity contribution >= 4 is 46.1 Å². The molecule has 0 heterocycles. The number of benzene rings is 2. The molecular formula is C20H24Cl2N2O2. The first-order valence-corrected chi connectivity index (χ1v) is 9.56. The van der Waals surface area contributed by atoms with E-state index in [1.807, 2.05) is 30.3 Å². The van der Waals surface area contributed by atoms with Crippen LogP contribution in [0.15, 0.2) is 30.3 Å². The van der Waals surface area contributed by atoms with Crippen LogP contribution in [-0.2, 0) is 28.9 Å². The molecule has 2 rings (SSSR count). The van der Waals surface area contributed by atoms with Crippen molar-refractivity contribution in [3.8, 4) is 0 Å². The maximum Gasteiger partial charge on any atom is 0.256 e. The Bertz CT molecular complexity index is 791. The van der Waals surface area contributed by atoms with E-state index >= 15 is 0 Å². The molecule has 0 spiro atoms. The Labute approximate surface area is 164 Å². The summed E-state index contributed by atoms with van der Waals surface area (Å²) in [5, 5.41) is 2.13. The highest BCUT2D eigenvalue weighted by atomic mass is 35.5. The van der Waals surface area contributed by atoms with E-state index in [1.54, 1.807) is 0 Å². The molecule has 0 saturated heterocycles. The van der Waals surface area contributed by atoms with Gasteiger partial charge in [-0.3, -0.25) is 9.59 Å². The molecule has 2 aromatic carbocycles. The first-order chi connectivity index (χ1) is 12.4. The molecule has 0 radical (unpaired) electrons. The molecule has 0 bridgehead atoms. The number of fused-ring (bicyclic) bond motifs is 1. The summed E-state index contributed by atoms with van der Waals surface area (Å²) in [6.07, 6.45) is 5.91. The summed E-state index contributed by atoms with van der Waals surface area (Å²) in [5.41, 5.74) is 8.41. The van der Waals surface area contributed by atoms with Crippen molar-refractivity contribution in [2.24, 2.45) is 5.73 Å². The average molecular weight is 395 g/mol. The predicted molar refractivity (Wildman–Crippen MR) is 107 cm³/mol. The van der Waals surface area contributed by atoms with Gasteiger partial charge in [-0.2, -0.15) is 3.94 Å². The van der Waals surface area contributed by atoms with Crippen molar-refractivity contribution in [2.45, 2.75) is 51.9 Å². The van der Waals surface area contributed by atoms with Crippen molar-refractivity contribution in [2.75, 3.05) is 0 Å². The summed E-state index contributed by atoms with van der Waals surface area (Å²) in [6.45, 7) is 2.18. The van der Waals surface area contributed by atoms with Crippen LogP contribution in [0.1, 0.15) is 49.3 Å². The van der Waals surface area contributed by atoms with Crippen LogP contribution in [0.5, 0.6) is 0 Å². The standard InChI is InChI=1S/C20H24Cl2N2O2/c1-2-3-4-5-6-17-16(13-19(23)25)9-8-15-11-14(7-10-18(15)17)12-20(26)24(21)22/h7-11H,2-6,12-13H2,1H3,(H2,23,25). The summed E-state index contributed by atoms with van der Waals surface area (Å²) in [4.78, 5) is 23.1. The number of rotatable bonds is 9. The maximum absolute atomic E-state index is 11.7. The van der Waals surface area contributed by atoms with Crippen LogP contribution in [-0.4, -0.2) is 15.8 Å². The minimum Gasteiger partial charge on any atom is -0.369 e. The number of nitrogens with two attached hydrogens (primary N) is 1. The fraction of sp³-hybridized carbons (Fsp3) is 0.400. The summed E-state index contributed by atoms with van der Waals surface area (Å²) in [6, 6.07) is 9.80. The molecule has 0 saturated carbocycles. The number of aryl methyl sites for hydroxylation is 1. The second-order valence-electron chi connectivity index (χ2n) is 6.52. The zero-order valence-electron chi connectivity index (χ0n) is 14.9. The lowest BCUT2D eigenvalue weighted by molar-refractivity contribution is -0.122. The largest absolute Gasteiger partial charge is 0.369 e. The highest BCUT2D eigenvalue weighted by molar-refractivity contribution is 6.41. The fourth-order valence-electron chi connectivity index (χ4n) is 3.21. The minimum absolute atomic E-state index is 0.137. The molecule has 0 aliphatic carbocycles. The Morgan fingerprint density at radius 1 is 1.04 bits per heavy atom. The molecule has 26 heavy (non-hydrogen) atoms. The zero-order valence-corrected chi connectivity index (χ0v) is 16.4. The first kappa shape index (κ1) is 20.5. The third kappa shape index (κ3) is 5.61. The van der Waals surface area contributed by atoms with Crippen molar-refractivity contribution in [3.05, 3.63) is 47.0 Å². The quantitative estimate of drug-likeness (QED) is 0.495. The van der Waals surface area contributed by atoms with Crippen LogP contribution < -0.4 is 5.73 Å². The Hall–Kier alpha value is -1.78. The molecule has 140 valence electrons. The molecule has 6 heteroatoms. The number of hydrogen-bond acceptors (Lipinski definition) is 2. The number of halogens is 2. The van der Waals surface area contributed by atoms with Gasteiger partial charge in [0.05, 0.1) is 12.8 Å². The molecular weight excluding hydrogens is 371 g/mol. The van der Waals surface area contributed by atoms with E-state index in [9.17, 15) is 9.59 Å². The molecule has 0 aliphatic heterocycles. The van der Waals surface area contributed by atoms with Crippen molar-refractivity contribution in [1.29, 1.82) is 0 Å². The lowest BCUT2D eigenvalue weighted by Crippen LogP contribution is -2.15. The number of hydrogen-bond donors (Lipinski definition) is 1. The summed E-state index contributed by atoms with van der Waals surface area (Å²) in [7, 11) is 0. The van der Waals surface area contributed by atoms with E-state index in [1.165, 1.54) is 18.4 Å². The third-order valence-electron chi connectivity index (χ3n) is 4.48. The number of nitrogens with zero attached hydrogens (tertiary/aromatic N) is 1. The number of amides is 2.